The van der Waals surface area contributed by atoms with E-state index >= 15 is 0 Å². The third-order valence-electron chi connectivity index (χ3n) is 15.6. The first-order chi connectivity index (χ1) is 35.2. The first-order valence-electron chi connectivity index (χ1n) is 24.7. The third kappa shape index (κ3) is 6.13. The summed E-state index contributed by atoms with van der Waals surface area (Å²) in [7, 11) is 0. The number of nitrogens with zero attached hydrogens (tertiary/aromatic N) is 1. The van der Waals surface area contributed by atoms with Crippen molar-refractivity contribution in [3.8, 4) is 33.4 Å². The van der Waals surface area contributed by atoms with Crippen LogP contribution in [-0.2, 0) is 10.8 Å². The number of fused-ring (bicyclic) bond motifs is 9. The van der Waals surface area contributed by atoms with Gasteiger partial charge in [-0.2, -0.15) is 0 Å². The summed E-state index contributed by atoms with van der Waals surface area (Å²) in [5.74, 6) is 0. The fourth-order valence-corrected chi connectivity index (χ4v) is 12.6. The van der Waals surface area contributed by atoms with E-state index in [2.05, 4.69) is 290 Å². The van der Waals surface area contributed by atoms with Gasteiger partial charge in [-0.05, 0) is 142 Å². The molecule has 0 bridgehead atoms. The zero-order chi connectivity index (χ0) is 46.9. The average molecular weight is 902 g/mol. The van der Waals surface area contributed by atoms with Gasteiger partial charge in [0.15, 0.2) is 0 Å². The molecule has 0 heterocycles. The van der Waals surface area contributed by atoms with Crippen LogP contribution < -0.4 is 4.90 Å². The maximum absolute atomic E-state index is 2.52. The van der Waals surface area contributed by atoms with Gasteiger partial charge in [-0.3, -0.25) is 0 Å². The fourth-order valence-electron chi connectivity index (χ4n) is 12.6. The van der Waals surface area contributed by atoms with Crippen LogP contribution in [0.5, 0.6) is 0 Å². The van der Waals surface area contributed by atoms with Crippen molar-refractivity contribution in [3.63, 3.8) is 0 Å². The summed E-state index contributed by atoms with van der Waals surface area (Å²) in [6, 6.07) is 106. The third-order valence-corrected chi connectivity index (χ3v) is 15.6. The van der Waals surface area contributed by atoms with Gasteiger partial charge in [0.25, 0.3) is 0 Å². The highest BCUT2D eigenvalue weighted by atomic mass is 15.1. The normalized spacial score (nSPS) is 14.9. The molecule has 71 heavy (non-hydrogen) atoms. The monoisotopic (exact) mass is 901 g/mol. The van der Waals surface area contributed by atoms with Gasteiger partial charge in [-0.1, -0.05) is 243 Å². The molecule has 1 nitrogen and oxygen atoms in total. The van der Waals surface area contributed by atoms with Crippen LogP contribution in [0.3, 0.4) is 0 Å². The number of rotatable bonds is 8. The molecule has 0 aliphatic heterocycles. The first kappa shape index (κ1) is 41.0. The quantitative estimate of drug-likeness (QED) is 0.137. The molecule has 1 atom stereocenters. The summed E-state index contributed by atoms with van der Waals surface area (Å²) in [6.45, 7) is 0. The molecule has 0 N–H and O–H groups in total. The lowest BCUT2D eigenvalue weighted by molar-refractivity contribution is 0.767. The van der Waals surface area contributed by atoms with Crippen LogP contribution in [-0.4, -0.2) is 0 Å². The summed E-state index contributed by atoms with van der Waals surface area (Å²) >= 11 is 0. The molecule has 0 aromatic heterocycles. The van der Waals surface area contributed by atoms with E-state index in [4.69, 9.17) is 0 Å². The van der Waals surface area contributed by atoms with Crippen molar-refractivity contribution in [2.24, 2.45) is 0 Å². The van der Waals surface area contributed by atoms with Crippen molar-refractivity contribution in [1.82, 2.24) is 0 Å². The van der Waals surface area contributed by atoms with Crippen LogP contribution in [0.25, 0.3) is 54.9 Å². The molecule has 0 amide bonds. The van der Waals surface area contributed by atoms with E-state index in [-0.39, 0.29) is 0 Å². The summed E-state index contributed by atoms with van der Waals surface area (Å²) in [5, 5.41) is 4.92. The molecule has 2 aliphatic carbocycles. The summed E-state index contributed by atoms with van der Waals surface area (Å²) in [4.78, 5) is 2.52. The first-order valence-corrected chi connectivity index (χ1v) is 24.7. The predicted octanol–water partition coefficient (Wildman–Crippen LogP) is 17.9. The number of anilines is 3. The molecular weight excluding hydrogens is 855 g/mol. The molecule has 0 saturated heterocycles. The van der Waals surface area contributed by atoms with Crippen molar-refractivity contribution in [2.75, 3.05) is 4.90 Å². The average Bonchev–Trinajstić information content (AvgIpc) is 3.92. The lowest BCUT2D eigenvalue weighted by atomic mass is 9.67. The molecule has 14 rings (SSSR count). The Morgan fingerprint density at radius 2 is 0.620 bits per heavy atom. The molecule has 1 heteroatoms. The highest BCUT2D eigenvalue weighted by Gasteiger charge is 2.48. The Balaban J connectivity index is 1.06. The van der Waals surface area contributed by atoms with E-state index in [1.165, 1.54) is 99.4 Å². The fraction of sp³-hybridized carbons (Fsp3) is 0.0286. The molecule has 0 saturated carbocycles. The highest BCUT2D eigenvalue weighted by molar-refractivity contribution is 6.09. The Morgan fingerprint density at radius 3 is 1.20 bits per heavy atom. The molecule has 1 unspecified atom stereocenters. The van der Waals surface area contributed by atoms with E-state index in [9.17, 15) is 0 Å². The van der Waals surface area contributed by atoms with Gasteiger partial charge >= 0.3 is 0 Å². The molecule has 0 radical (unpaired) electrons. The lowest BCUT2D eigenvalue weighted by Crippen LogP contribution is -2.29. The second kappa shape index (κ2) is 16.3. The maximum Gasteiger partial charge on any atom is 0.0714 e. The zero-order valence-corrected chi connectivity index (χ0v) is 39.1. The Morgan fingerprint density at radius 1 is 0.225 bits per heavy atom. The maximum atomic E-state index is 2.52. The van der Waals surface area contributed by atoms with Gasteiger partial charge in [-0.15, -0.1) is 0 Å². The van der Waals surface area contributed by atoms with E-state index in [1.54, 1.807) is 0 Å². The van der Waals surface area contributed by atoms with Crippen molar-refractivity contribution in [3.05, 3.63) is 330 Å². The number of hydrogen-bond donors (Lipinski definition) is 0. The van der Waals surface area contributed by atoms with Crippen LogP contribution in [0, 0.1) is 0 Å². The van der Waals surface area contributed by atoms with Gasteiger partial charge in [0.2, 0.25) is 0 Å². The Labute approximate surface area is 415 Å². The van der Waals surface area contributed by atoms with Gasteiger partial charge in [0.05, 0.1) is 10.8 Å². The summed E-state index contributed by atoms with van der Waals surface area (Å²) in [6.07, 6.45) is 0. The molecule has 0 fully saturated rings. The van der Waals surface area contributed by atoms with E-state index in [0.717, 1.165) is 17.1 Å². The second-order valence-corrected chi connectivity index (χ2v) is 19.1. The van der Waals surface area contributed by atoms with E-state index < -0.39 is 10.8 Å². The van der Waals surface area contributed by atoms with Crippen LogP contribution in [0.2, 0.25) is 0 Å². The van der Waals surface area contributed by atoms with Gasteiger partial charge in [0, 0.05) is 17.1 Å². The molecule has 12 aromatic rings. The molecule has 0 spiro atoms. The minimum Gasteiger partial charge on any atom is -0.310 e. The Bertz CT molecular complexity index is 3950. The van der Waals surface area contributed by atoms with Crippen molar-refractivity contribution in [1.29, 1.82) is 0 Å². The standard InChI is InChI=1S/C70H47N/c1-5-20-48(21-6-1)51-23-19-30-55(44-51)70(54-28-11-4-12-29-54)66-35-18-16-33-61(66)63-43-41-58(47-68(63)70)71(56-39-38-50-37-36-49-22-13-14-31-59(49)64(50)45-56)57-40-42-62-60-32-15-17-34-65(60)69(67(62)46-57,52-24-7-2-8-25-52)53-26-9-3-10-27-53/h1-47H. The molecular formula is C70H47N. The summed E-state index contributed by atoms with van der Waals surface area (Å²) < 4.78 is 0. The Kier molecular flexibility index (Phi) is 9.41. The minimum absolute atomic E-state index is 0.554. The molecule has 332 valence electrons. The Hall–Kier alpha value is -9.04. The van der Waals surface area contributed by atoms with Gasteiger partial charge in [-0.25, -0.2) is 0 Å². The van der Waals surface area contributed by atoms with Crippen molar-refractivity contribution < 1.29 is 0 Å². The lowest BCUT2D eigenvalue weighted by Gasteiger charge is -2.36. The van der Waals surface area contributed by atoms with E-state index in [0.29, 0.717) is 0 Å². The van der Waals surface area contributed by atoms with Crippen LogP contribution in [0.4, 0.5) is 17.1 Å². The number of benzene rings is 12. The van der Waals surface area contributed by atoms with Crippen LogP contribution >= 0.6 is 0 Å². The van der Waals surface area contributed by atoms with Gasteiger partial charge in [0.1, 0.15) is 0 Å². The van der Waals surface area contributed by atoms with Crippen LogP contribution in [0.15, 0.2) is 285 Å². The topological polar surface area (TPSA) is 3.24 Å². The highest BCUT2D eigenvalue weighted by Crippen LogP contribution is 2.60. The molecule has 12 aromatic carbocycles. The predicted molar refractivity (Wildman–Crippen MR) is 296 cm³/mol. The molecule has 2 aliphatic rings. The van der Waals surface area contributed by atoms with Gasteiger partial charge < -0.3 is 4.90 Å². The largest absolute Gasteiger partial charge is 0.310 e. The zero-order valence-electron chi connectivity index (χ0n) is 39.1. The summed E-state index contributed by atoms with van der Waals surface area (Å²) in [5.41, 5.74) is 19.7. The van der Waals surface area contributed by atoms with Crippen molar-refractivity contribution in [2.45, 2.75) is 10.8 Å². The SMILES string of the molecule is c1ccc(-c2cccc(C3(c4ccccc4)c4ccccc4-c4ccc(N(c5ccc6c(c5)C(c5ccccc5)(c5ccccc5)c5ccccc5-6)c5ccc6ccc7ccccc7c6c5)cc43)c2)cc1. The van der Waals surface area contributed by atoms with Crippen LogP contribution in [0.1, 0.15) is 44.5 Å². The number of hydrogen-bond acceptors (Lipinski definition) is 1. The smallest absolute Gasteiger partial charge is 0.0714 e. The minimum atomic E-state index is -0.616. The van der Waals surface area contributed by atoms with E-state index in [1.807, 2.05) is 0 Å². The van der Waals surface area contributed by atoms with Crippen molar-refractivity contribution >= 4 is 38.6 Å². The second-order valence-electron chi connectivity index (χ2n) is 19.1.